The van der Waals surface area contributed by atoms with E-state index in [9.17, 15) is 4.79 Å². The number of halogens is 1. The van der Waals surface area contributed by atoms with Gasteiger partial charge in [0.2, 0.25) is 0 Å². The van der Waals surface area contributed by atoms with Crippen molar-refractivity contribution in [3.63, 3.8) is 0 Å². The van der Waals surface area contributed by atoms with Crippen LogP contribution in [0.25, 0.3) is 0 Å². The summed E-state index contributed by atoms with van der Waals surface area (Å²) >= 11 is 5.91. The van der Waals surface area contributed by atoms with Gasteiger partial charge in [0.25, 0.3) is 0 Å². The molecule has 94 valence electrons. The number of carbonyl (C=O) groups is 1. The van der Waals surface area contributed by atoms with Gasteiger partial charge in [-0.25, -0.2) is 0 Å². The smallest absolute Gasteiger partial charge is 0.310 e. The maximum Gasteiger partial charge on any atom is 0.310 e. The molecule has 1 aromatic carbocycles. The Hall–Kier alpha value is -1.06. The number of carboxylic acids is 1. The minimum absolute atomic E-state index is 0.0762. The van der Waals surface area contributed by atoms with Crippen LogP contribution in [0.4, 0.5) is 0 Å². The zero-order valence-corrected chi connectivity index (χ0v) is 11.1. The van der Waals surface area contributed by atoms with Gasteiger partial charge < -0.3 is 10.4 Å². The highest BCUT2D eigenvalue weighted by molar-refractivity contribution is 6.30. The topological polar surface area (TPSA) is 49.3 Å². The lowest BCUT2D eigenvalue weighted by molar-refractivity contribution is -0.146. The van der Waals surface area contributed by atoms with Crippen LogP contribution in [0.5, 0.6) is 0 Å². The highest BCUT2D eigenvalue weighted by atomic mass is 35.5. The van der Waals surface area contributed by atoms with Crippen LogP contribution >= 0.6 is 11.6 Å². The van der Waals surface area contributed by atoms with Gasteiger partial charge in [0.15, 0.2) is 0 Å². The molecule has 0 aliphatic rings. The molecule has 1 aromatic rings. The van der Waals surface area contributed by atoms with Crippen LogP contribution in [-0.4, -0.2) is 17.6 Å². The van der Waals surface area contributed by atoms with Crippen LogP contribution in [0, 0.1) is 5.41 Å². The van der Waals surface area contributed by atoms with Crippen LogP contribution in [0.1, 0.15) is 32.4 Å². The second-order valence-electron chi connectivity index (χ2n) is 4.85. The van der Waals surface area contributed by atoms with Crippen LogP contribution in [0.15, 0.2) is 24.3 Å². The van der Waals surface area contributed by atoms with E-state index in [-0.39, 0.29) is 6.04 Å². The van der Waals surface area contributed by atoms with E-state index >= 15 is 0 Å². The molecule has 0 unspecified atom stereocenters. The molecule has 0 amide bonds. The largest absolute Gasteiger partial charge is 0.481 e. The van der Waals surface area contributed by atoms with Gasteiger partial charge in [0.1, 0.15) is 0 Å². The average Bonchev–Trinajstić information content (AvgIpc) is 2.25. The van der Waals surface area contributed by atoms with E-state index in [1.54, 1.807) is 13.8 Å². The van der Waals surface area contributed by atoms with Gasteiger partial charge in [-0.05, 0) is 38.5 Å². The fourth-order valence-corrected chi connectivity index (χ4v) is 1.58. The Labute approximate surface area is 107 Å². The molecule has 0 saturated carbocycles. The van der Waals surface area contributed by atoms with Crippen LogP contribution < -0.4 is 5.32 Å². The van der Waals surface area contributed by atoms with E-state index in [4.69, 9.17) is 16.7 Å². The summed E-state index contributed by atoms with van der Waals surface area (Å²) in [6, 6.07) is 7.63. The molecule has 4 heteroatoms. The van der Waals surface area contributed by atoms with Gasteiger partial charge in [-0.1, -0.05) is 23.7 Å². The van der Waals surface area contributed by atoms with Gasteiger partial charge in [-0.15, -0.1) is 0 Å². The fraction of sp³-hybridized carbons (Fsp3) is 0.462. The maximum absolute atomic E-state index is 11.0. The lowest BCUT2D eigenvalue weighted by Gasteiger charge is -2.23. The summed E-state index contributed by atoms with van der Waals surface area (Å²) in [6.45, 7) is 5.81. The molecule has 0 aliphatic carbocycles. The van der Waals surface area contributed by atoms with Crippen molar-refractivity contribution in [2.24, 2.45) is 5.41 Å². The van der Waals surface area contributed by atoms with E-state index in [1.165, 1.54) is 0 Å². The number of aliphatic carboxylic acids is 1. The molecule has 1 rings (SSSR count). The first-order valence-corrected chi connectivity index (χ1v) is 5.93. The lowest BCUT2D eigenvalue weighted by Crippen LogP contribution is -2.37. The van der Waals surface area contributed by atoms with E-state index in [0.29, 0.717) is 11.6 Å². The molecule has 0 heterocycles. The van der Waals surface area contributed by atoms with Crippen molar-refractivity contribution in [2.45, 2.75) is 26.8 Å². The molecule has 0 radical (unpaired) electrons. The fourth-order valence-electron chi connectivity index (χ4n) is 1.38. The molecule has 0 bridgehead atoms. The van der Waals surface area contributed by atoms with E-state index in [2.05, 4.69) is 5.32 Å². The lowest BCUT2D eigenvalue weighted by atomic mass is 9.93. The normalized spacial score (nSPS) is 13.4. The number of benzene rings is 1. The number of hydrogen-bond donors (Lipinski definition) is 2. The standard InChI is InChI=1S/C13H18ClNO2/c1-9(10-5-4-6-11(14)7-10)15-8-13(2,3)12(16)17/h4-7,9,15H,8H2,1-3H3,(H,16,17)/t9-/m1/s1. The highest BCUT2D eigenvalue weighted by Crippen LogP contribution is 2.20. The van der Waals surface area contributed by atoms with Gasteiger partial charge in [-0.3, -0.25) is 4.79 Å². The molecule has 0 aliphatic heterocycles. The highest BCUT2D eigenvalue weighted by Gasteiger charge is 2.27. The van der Waals surface area contributed by atoms with Crippen molar-refractivity contribution in [1.82, 2.24) is 5.32 Å². The minimum atomic E-state index is -0.803. The maximum atomic E-state index is 11.0. The Morgan fingerprint density at radius 3 is 2.71 bits per heavy atom. The Kier molecular flexibility index (Phi) is 4.54. The summed E-state index contributed by atoms with van der Waals surface area (Å²) in [5.74, 6) is -0.803. The van der Waals surface area contributed by atoms with Crippen molar-refractivity contribution in [1.29, 1.82) is 0 Å². The molecule has 0 saturated heterocycles. The third-order valence-electron chi connectivity index (χ3n) is 2.78. The number of rotatable bonds is 5. The second kappa shape index (κ2) is 5.52. The monoisotopic (exact) mass is 255 g/mol. The second-order valence-corrected chi connectivity index (χ2v) is 5.28. The molecule has 3 nitrogen and oxygen atoms in total. The SMILES string of the molecule is C[C@@H](NCC(C)(C)C(=O)O)c1cccc(Cl)c1. The molecular formula is C13H18ClNO2. The summed E-state index contributed by atoms with van der Waals surface area (Å²) in [6.07, 6.45) is 0. The number of carboxylic acid groups (broad SMARTS) is 1. The van der Waals surface area contributed by atoms with Crippen molar-refractivity contribution < 1.29 is 9.90 Å². The molecule has 0 aromatic heterocycles. The van der Waals surface area contributed by atoms with E-state index < -0.39 is 11.4 Å². The van der Waals surface area contributed by atoms with Gasteiger partial charge in [0.05, 0.1) is 5.41 Å². The Balaban J connectivity index is 2.62. The first kappa shape index (κ1) is 14.0. The molecule has 0 fully saturated rings. The summed E-state index contributed by atoms with van der Waals surface area (Å²) in [5.41, 5.74) is 0.283. The third kappa shape index (κ3) is 4.02. The van der Waals surface area contributed by atoms with Crippen LogP contribution in [0.2, 0.25) is 5.02 Å². The van der Waals surface area contributed by atoms with Gasteiger partial charge in [-0.2, -0.15) is 0 Å². The van der Waals surface area contributed by atoms with Crippen molar-refractivity contribution in [3.8, 4) is 0 Å². The minimum Gasteiger partial charge on any atom is -0.481 e. The van der Waals surface area contributed by atoms with Crippen molar-refractivity contribution >= 4 is 17.6 Å². The van der Waals surface area contributed by atoms with E-state index in [0.717, 1.165) is 5.56 Å². The first-order valence-electron chi connectivity index (χ1n) is 5.55. The number of hydrogen-bond acceptors (Lipinski definition) is 2. The third-order valence-corrected chi connectivity index (χ3v) is 3.01. The molecule has 0 spiro atoms. The average molecular weight is 256 g/mol. The summed E-state index contributed by atoms with van der Waals surface area (Å²) in [4.78, 5) is 11.0. The predicted molar refractivity (Wildman–Crippen MR) is 69.3 cm³/mol. The summed E-state index contributed by atoms with van der Waals surface area (Å²) in [7, 11) is 0. The zero-order chi connectivity index (χ0) is 13.1. The van der Waals surface area contributed by atoms with Crippen LogP contribution in [0.3, 0.4) is 0 Å². The van der Waals surface area contributed by atoms with Gasteiger partial charge >= 0.3 is 5.97 Å². The predicted octanol–water partition coefficient (Wildman–Crippen LogP) is 3.10. The summed E-state index contributed by atoms with van der Waals surface area (Å²) < 4.78 is 0. The van der Waals surface area contributed by atoms with Crippen molar-refractivity contribution in [2.75, 3.05) is 6.54 Å². The Morgan fingerprint density at radius 1 is 1.53 bits per heavy atom. The quantitative estimate of drug-likeness (QED) is 0.850. The van der Waals surface area contributed by atoms with Crippen LogP contribution in [-0.2, 0) is 4.79 Å². The summed E-state index contributed by atoms with van der Waals surface area (Å²) in [5, 5.41) is 12.9. The molecule has 1 atom stereocenters. The molecular weight excluding hydrogens is 238 g/mol. The first-order chi connectivity index (χ1) is 7.83. The van der Waals surface area contributed by atoms with E-state index in [1.807, 2.05) is 31.2 Å². The molecule has 2 N–H and O–H groups in total. The Bertz CT molecular complexity index is 404. The zero-order valence-electron chi connectivity index (χ0n) is 10.3. The Morgan fingerprint density at radius 2 is 2.18 bits per heavy atom. The van der Waals surface area contributed by atoms with Crippen molar-refractivity contribution in [3.05, 3.63) is 34.9 Å². The number of nitrogens with one attached hydrogen (secondary N) is 1. The molecule has 17 heavy (non-hydrogen) atoms. The van der Waals surface area contributed by atoms with Gasteiger partial charge in [0, 0.05) is 17.6 Å².